The van der Waals surface area contributed by atoms with Crippen molar-refractivity contribution in [2.24, 2.45) is 5.73 Å². The van der Waals surface area contributed by atoms with Gasteiger partial charge in [-0.25, -0.2) is 0 Å². The summed E-state index contributed by atoms with van der Waals surface area (Å²) in [5.41, 5.74) is 5.32. The average molecular weight is 130 g/mol. The van der Waals surface area contributed by atoms with Crippen molar-refractivity contribution in [2.75, 3.05) is 13.1 Å². The fraction of sp³-hybridized carbons (Fsp3) is 0.857. The van der Waals surface area contributed by atoms with Crippen LogP contribution in [-0.4, -0.2) is 13.1 Å². The van der Waals surface area contributed by atoms with Crippen molar-refractivity contribution in [1.29, 1.82) is 0 Å². The van der Waals surface area contributed by atoms with Crippen molar-refractivity contribution >= 4 is 0 Å². The van der Waals surface area contributed by atoms with Crippen molar-refractivity contribution in [2.45, 2.75) is 25.7 Å². The Morgan fingerprint density at radius 3 is 2.33 bits per heavy atom. The minimum Gasteiger partial charge on any atom is -0.479 e. The Morgan fingerprint density at radius 1 is 1.11 bits per heavy atom. The van der Waals surface area contributed by atoms with Crippen molar-refractivity contribution in [3.05, 3.63) is 7.05 Å². The maximum absolute atomic E-state index is 5.32. The van der Waals surface area contributed by atoms with Crippen molar-refractivity contribution < 1.29 is 5.32 Å². The van der Waals surface area contributed by atoms with E-state index < -0.39 is 0 Å². The van der Waals surface area contributed by atoms with Gasteiger partial charge < -0.3 is 11.1 Å². The van der Waals surface area contributed by atoms with E-state index in [0.717, 1.165) is 13.1 Å². The van der Waals surface area contributed by atoms with Crippen LogP contribution in [0.5, 0.6) is 0 Å². The summed E-state index contributed by atoms with van der Waals surface area (Å²) in [6, 6.07) is 0. The van der Waals surface area contributed by atoms with Gasteiger partial charge in [-0.3, -0.25) is 0 Å². The van der Waals surface area contributed by atoms with Gasteiger partial charge in [0.05, 0.1) is 6.54 Å². The summed E-state index contributed by atoms with van der Waals surface area (Å²) in [6.07, 6.45) is 5.05. The molecule has 0 atom stereocenters. The van der Waals surface area contributed by atoms with Crippen LogP contribution >= 0.6 is 0 Å². The highest BCUT2D eigenvalue weighted by molar-refractivity contribution is 4.41. The van der Waals surface area contributed by atoms with Gasteiger partial charge in [-0.1, -0.05) is 6.42 Å². The van der Waals surface area contributed by atoms with Gasteiger partial charge in [-0.2, -0.15) is 7.05 Å². The molecule has 0 aliphatic carbocycles. The van der Waals surface area contributed by atoms with E-state index in [1.165, 1.54) is 25.7 Å². The molecule has 0 aromatic carbocycles. The highest BCUT2D eigenvalue weighted by Gasteiger charge is 1.85. The largest absolute Gasteiger partial charge is 0.479 e. The normalized spacial score (nSPS) is 10.0. The van der Waals surface area contributed by atoms with Crippen molar-refractivity contribution in [3.63, 3.8) is 0 Å². The Labute approximate surface area is 57.8 Å². The second kappa shape index (κ2) is 7.92. The molecular weight excluding hydrogens is 112 g/mol. The SMILES string of the molecule is [CH2-][NH2+]CCCCCCN. The van der Waals surface area contributed by atoms with E-state index in [0.29, 0.717) is 0 Å². The molecule has 0 bridgehead atoms. The standard InChI is InChI=1S/C7H18N2/c1-9-7-5-3-2-4-6-8/h1-9H2. The van der Waals surface area contributed by atoms with E-state index in [-0.39, 0.29) is 0 Å². The van der Waals surface area contributed by atoms with Crippen LogP contribution in [0.2, 0.25) is 0 Å². The molecule has 2 heteroatoms. The van der Waals surface area contributed by atoms with Crippen LogP contribution in [0.4, 0.5) is 0 Å². The third-order valence-electron chi connectivity index (χ3n) is 1.36. The molecule has 0 aromatic heterocycles. The van der Waals surface area contributed by atoms with Gasteiger partial charge in [0.2, 0.25) is 0 Å². The number of quaternary nitrogens is 1. The molecule has 0 rings (SSSR count). The molecule has 0 saturated carbocycles. The Bertz CT molecular complexity index is 40.2. The monoisotopic (exact) mass is 130 g/mol. The van der Waals surface area contributed by atoms with Gasteiger partial charge in [0.1, 0.15) is 0 Å². The fourth-order valence-electron chi connectivity index (χ4n) is 0.787. The first-order valence-corrected chi connectivity index (χ1v) is 3.72. The van der Waals surface area contributed by atoms with E-state index in [9.17, 15) is 0 Å². The molecule has 0 aromatic rings. The van der Waals surface area contributed by atoms with Gasteiger partial charge >= 0.3 is 0 Å². The lowest BCUT2D eigenvalue weighted by atomic mass is 10.2. The lowest BCUT2D eigenvalue weighted by molar-refractivity contribution is -0.595. The quantitative estimate of drug-likeness (QED) is 0.381. The molecule has 0 amide bonds. The number of unbranched alkanes of at least 4 members (excludes halogenated alkanes) is 3. The van der Waals surface area contributed by atoms with E-state index in [4.69, 9.17) is 5.73 Å². The molecule has 2 nitrogen and oxygen atoms in total. The zero-order chi connectivity index (χ0) is 6.95. The van der Waals surface area contributed by atoms with Crippen LogP contribution in [0.15, 0.2) is 0 Å². The van der Waals surface area contributed by atoms with Crippen molar-refractivity contribution in [3.8, 4) is 0 Å². The summed E-state index contributed by atoms with van der Waals surface area (Å²) < 4.78 is 0. The molecule has 0 heterocycles. The van der Waals surface area contributed by atoms with Gasteiger partial charge in [0.15, 0.2) is 0 Å². The molecule has 0 aliphatic rings. The second-order valence-corrected chi connectivity index (χ2v) is 2.28. The van der Waals surface area contributed by atoms with Gasteiger partial charge in [-0.15, -0.1) is 0 Å². The Kier molecular flexibility index (Phi) is 7.85. The maximum Gasteiger partial charge on any atom is 0.0515 e. The lowest BCUT2D eigenvalue weighted by Crippen LogP contribution is -2.76. The van der Waals surface area contributed by atoms with E-state index in [1.807, 2.05) is 5.32 Å². The molecule has 0 spiro atoms. The first kappa shape index (κ1) is 8.92. The number of nitrogens with two attached hydrogens (primary N) is 2. The first-order chi connectivity index (χ1) is 4.41. The van der Waals surface area contributed by atoms with Gasteiger partial charge in [-0.05, 0) is 25.8 Å². The summed E-state index contributed by atoms with van der Waals surface area (Å²) in [7, 11) is 3.65. The van der Waals surface area contributed by atoms with Crippen molar-refractivity contribution in [1.82, 2.24) is 0 Å². The molecule has 0 radical (unpaired) electrons. The molecule has 0 fully saturated rings. The zero-order valence-corrected chi connectivity index (χ0v) is 6.10. The van der Waals surface area contributed by atoms with Crippen LogP contribution < -0.4 is 11.1 Å². The van der Waals surface area contributed by atoms with Gasteiger partial charge in [0.25, 0.3) is 0 Å². The van der Waals surface area contributed by atoms with Crippen LogP contribution in [-0.2, 0) is 0 Å². The number of rotatable bonds is 6. The summed E-state index contributed by atoms with van der Waals surface area (Å²) in [4.78, 5) is 0. The van der Waals surface area contributed by atoms with Crippen LogP contribution in [0.1, 0.15) is 25.7 Å². The van der Waals surface area contributed by atoms with Gasteiger partial charge in [0, 0.05) is 0 Å². The molecular formula is C7H18N2. The minimum absolute atomic E-state index is 0.841. The second-order valence-electron chi connectivity index (χ2n) is 2.28. The highest BCUT2D eigenvalue weighted by Crippen LogP contribution is 1.95. The molecule has 0 saturated heterocycles. The predicted molar refractivity (Wildman–Crippen MR) is 39.7 cm³/mol. The molecule has 56 valence electrons. The fourth-order valence-corrected chi connectivity index (χ4v) is 0.787. The van der Waals surface area contributed by atoms with Crippen LogP contribution in [0.25, 0.3) is 0 Å². The minimum atomic E-state index is 0.841. The smallest absolute Gasteiger partial charge is 0.0515 e. The van der Waals surface area contributed by atoms with E-state index in [2.05, 4.69) is 7.05 Å². The van der Waals surface area contributed by atoms with E-state index in [1.54, 1.807) is 0 Å². The molecule has 0 unspecified atom stereocenters. The number of hydrogen-bond donors (Lipinski definition) is 2. The molecule has 4 N–H and O–H groups in total. The zero-order valence-electron chi connectivity index (χ0n) is 6.10. The molecule has 0 aliphatic heterocycles. The first-order valence-electron chi connectivity index (χ1n) is 3.72. The number of hydrogen-bond acceptors (Lipinski definition) is 1. The Hall–Kier alpha value is -0.0800. The topological polar surface area (TPSA) is 42.6 Å². The Balaban J connectivity index is 2.60. The van der Waals surface area contributed by atoms with E-state index >= 15 is 0 Å². The third-order valence-corrected chi connectivity index (χ3v) is 1.36. The average Bonchev–Trinajstić information content (AvgIpc) is 1.89. The summed E-state index contributed by atoms with van der Waals surface area (Å²) in [5.74, 6) is 0. The summed E-state index contributed by atoms with van der Waals surface area (Å²) >= 11 is 0. The third kappa shape index (κ3) is 7.92. The maximum atomic E-state index is 5.32. The van der Waals surface area contributed by atoms with Crippen LogP contribution in [0.3, 0.4) is 0 Å². The lowest BCUT2D eigenvalue weighted by Gasteiger charge is -1.98. The summed E-state index contributed by atoms with van der Waals surface area (Å²) in [6.45, 7) is 2.00. The van der Waals surface area contributed by atoms with Crippen LogP contribution in [0, 0.1) is 7.05 Å². The Morgan fingerprint density at radius 2 is 1.78 bits per heavy atom. The highest BCUT2D eigenvalue weighted by atomic mass is 14.8. The predicted octanol–water partition coefficient (Wildman–Crippen LogP) is -0.140. The summed E-state index contributed by atoms with van der Waals surface area (Å²) in [5, 5.41) is 1.97. The molecule has 9 heavy (non-hydrogen) atoms.